The molecular weight excluding hydrogens is 296 g/mol. The second-order valence-electron chi connectivity index (χ2n) is 6.46. The predicted molar refractivity (Wildman–Crippen MR) is 83.2 cm³/mol. The fourth-order valence-electron chi connectivity index (χ4n) is 3.28. The first-order valence-electron chi connectivity index (χ1n) is 8.08. The lowest BCUT2D eigenvalue weighted by Gasteiger charge is -2.31. The van der Waals surface area contributed by atoms with E-state index < -0.39 is 5.76 Å². The molecular formula is C17H18N2O4. The number of oxazole rings is 1. The number of nitrogens with zero attached hydrogens (tertiary/aromatic N) is 1. The molecule has 1 saturated heterocycles. The van der Waals surface area contributed by atoms with Crippen molar-refractivity contribution in [3.05, 3.63) is 34.3 Å². The highest BCUT2D eigenvalue weighted by Crippen LogP contribution is 2.33. The van der Waals surface area contributed by atoms with Crippen LogP contribution in [0.2, 0.25) is 0 Å². The molecule has 23 heavy (non-hydrogen) atoms. The van der Waals surface area contributed by atoms with Crippen LogP contribution in [-0.4, -0.2) is 34.7 Å². The van der Waals surface area contributed by atoms with Crippen LogP contribution in [0, 0.1) is 11.8 Å². The van der Waals surface area contributed by atoms with Crippen molar-refractivity contribution in [3.63, 3.8) is 0 Å². The quantitative estimate of drug-likeness (QED) is 0.878. The van der Waals surface area contributed by atoms with Gasteiger partial charge in [0.15, 0.2) is 11.4 Å². The molecule has 0 unspecified atom stereocenters. The summed E-state index contributed by atoms with van der Waals surface area (Å²) in [4.78, 5) is 40.3. The molecule has 0 atom stereocenters. The van der Waals surface area contributed by atoms with Gasteiger partial charge >= 0.3 is 5.76 Å². The van der Waals surface area contributed by atoms with Crippen LogP contribution in [0.15, 0.2) is 27.4 Å². The van der Waals surface area contributed by atoms with Crippen LogP contribution < -0.4 is 5.76 Å². The van der Waals surface area contributed by atoms with E-state index in [2.05, 4.69) is 4.98 Å². The van der Waals surface area contributed by atoms with Gasteiger partial charge in [-0.1, -0.05) is 0 Å². The number of benzene rings is 1. The second-order valence-corrected chi connectivity index (χ2v) is 6.46. The van der Waals surface area contributed by atoms with Crippen molar-refractivity contribution in [3.8, 4) is 0 Å². The third kappa shape index (κ3) is 2.69. The molecule has 0 spiro atoms. The summed E-state index contributed by atoms with van der Waals surface area (Å²) in [5.74, 6) is -0.0281. The topological polar surface area (TPSA) is 83.4 Å². The predicted octanol–water partition coefficient (Wildman–Crippen LogP) is 1.95. The minimum atomic E-state index is -0.517. The van der Waals surface area contributed by atoms with E-state index in [1.165, 1.54) is 0 Å². The van der Waals surface area contributed by atoms with Crippen molar-refractivity contribution < 1.29 is 14.0 Å². The molecule has 4 rings (SSSR count). The smallest absolute Gasteiger partial charge is 0.408 e. The third-order valence-corrected chi connectivity index (χ3v) is 4.81. The Morgan fingerprint density at radius 3 is 2.52 bits per heavy atom. The normalized spacial score (nSPS) is 19.2. The molecule has 2 heterocycles. The van der Waals surface area contributed by atoms with Crippen molar-refractivity contribution in [2.75, 3.05) is 13.1 Å². The van der Waals surface area contributed by atoms with Crippen LogP contribution >= 0.6 is 0 Å². The molecule has 0 radical (unpaired) electrons. The number of Topliss-reactive ketones (excluding diaryl/α,β-unsaturated/α-hetero) is 1. The fourth-order valence-corrected chi connectivity index (χ4v) is 3.28. The second kappa shape index (κ2) is 5.37. The molecule has 2 fully saturated rings. The first kappa shape index (κ1) is 14.2. The number of aromatic amines is 1. The SMILES string of the molecule is O=C(c1ccc2[nH]c(=O)oc2c1)C1CCN(C(=O)C2CC2)CC1. The van der Waals surface area contributed by atoms with Crippen LogP contribution in [0.4, 0.5) is 0 Å². The van der Waals surface area contributed by atoms with E-state index in [0.29, 0.717) is 42.6 Å². The van der Waals surface area contributed by atoms with Crippen LogP contribution in [0.3, 0.4) is 0 Å². The Morgan fingerprint density at radius 2 is 1.83 bits per heavy atom. The molecule has 0 bridgehead atoms. The van der Waals surface area contributed by atoms with Gasteiger partial charge in [-0.25, -0.2) is 4.79 Å². The lowest BCUT2D eigenvalue weighted by molar-refractivity contribution is -0.133. The molecule has 6 nitrogen and oxygen atoms in total. The number of nitrogens with one attached hydrogen (secondary N) is 1. The van der Waals surface area contributed by atoms with Gasteiger partial charge in [0.1, 0.15) is 0 Å². The molecule has 1 aromatic carbocycles. The standard InChI is InChI=1S/C17H18N2O4/c20-15(12-3-4-13-14(9-12)23-17(22)18-13)10-5-7-19(8-6-10)16(21)11-1-2-11/h3-4,9-11H,1-2,5-8H2,(H,18,22). The van der Waals surface area contributed by atoms with Gasteiger partial charge in [0.25, 0.3) is 0 Å². The van der Waals surface area contributed by atoms with Crippen LogP contribution in [-0.2, 0) is 4.79 Å². The van der Waals surface area contributed by atoms with Gasteiger partial charge in [0.05, 0.1) is 5.52 Å². The zero-order valence-electron chi connectivity index (χ0n) is 12.7. The van der Waals surface area contributed by atoms with Crippen molar-refractivity contribution in [1.29, 1.82) is 0 Å². The summed E-state index contributed by atoms with van der Waals surface area (Å²) in [5, 5.41) is 0. The van der Waals surface area contributed by atoms with Gasteiger partial charge in [0, 0.05) is 30.5 Å². The number of hydrogen-bond acceptors (Lipinski definition) is 4. The van der Waals surface area contributed by atoms with Crippen LogP contribution in [0.1, 0.15) is 36.0 Å². The highest BCUT2D eigenvalue weighted by molar-refractivity contribution is 6.00. The number of ketones is 1. The third-order valence-electron chi connectivity index (χ3n) is 4.81. The summed E-state index contributed by atoms with van der Waals surface area (Å²) < 4.78 is 5.01. The number of hydrogen-bond donors (Lipinski definition) is 1. The molecule has 1 aromatic heterocycles. The minimum Gasteiger partial charge on any atom is -0.408 e. The van der Waals surface area contributed by atoms with Gasteiger partial charge in [-0.3, -0.25) is 14.6 Å². The Balaban J connectivity index is 1.46. The van der Waals surface area contributed by atoms with Crippen molar-refractivity contribution in [2.24, 2.45) is 11.8 Å². The van der Waals surface area contributed by atoms with E-state index in [1.807, 2.05) is 4.90 Å². The number of H-pyrrole nitrogens is 1. The number of piperidine rings is 1. The van der Waals surface area contributed by atoms with Gasteiger partial charge in [-0.15, -0.1) is 0 Å². The Kier molecular flexibility index (Phi) is 3.32. The van der Waals surface area contributed by atoms with E-state index in [9.17, 15) is 14.4 Å². The van der Waals surface area contributed by atoms with Gasteiger partial charge in [-0.2, -0.15) is 0 Å². The summed E-state index contributed by atoms with van der Waals surface area (Å²) >= 11 is 0. The largest absolute Gasteiger partial charge is 0.417 e. The summed E-state index contributed by atoms with van der Waals surface area (Å²) in [6.07, 6.45) is 3.43. The fraction of sp³-hybridized carbons (Fsp3) is 0.471. The summed E-state index contributed by atoms with van der Waals surface area (Å²) in [7, 11) is 0. The molecule has 1 aliphatic carbocycles. The molecule has 1 aliphatic heterocycles. The Labute approximate surface area is 132 Å². The van der Waals surface area contributed by atoms with E-state index in [0.717, 1.165) is 12.8 Å². The van der Waals surface area contributed by atoms with E-state index in [1.54, 1.807) is 18.2 Å². The molecule has 1 amide bonds. The van der Waals surface area contributed by atoms with Crippen molar-refractivity contribution in [2.45, 2.75) is 25.7 Å². The van der Waals surface area contributed by atoms with E-state index >= 15 is 0 Å². The molecule has 1 N–H and O–H groups in total. The molecule has 120 valence electrons. The maximum Gasteiger partial charge on any atom is 0.417 e. The molecule has 2 aliphatic rings. The monoisotopic (exact) mass is 314 g/mol. The maximum atomic E-state index is 12.6. The summed E-state index contributed by atoms with van der Waals surface area (Å²) in [6.45, 7) is 1.32. The summed E-state index contributed by atoms with van der Waals surface area (Å²) in [6, 6.07) is 5.04. The Bertz CT molecular complexity index is 822. The van der Waals surface area contributed by atoms with E-state index in [4.69, 9.17) is 4.42 Å². The zero-order valence-corrected chi connectivity index (χ0v) is 12.7. The highest BCUT2D eigenvalue weighted by Gasteiger charge is 2.36. The minimum absolute atomic E-state index is 0.0641. The number of aromatic nitrogens is 1. The number of amides is 1. The lowest BCUT2D eigenvalue weighted by Crippen LogP contribution is -2.41. The first-order chi connectivity index (χ1) is 11.1. The Morgan fingerprint density at radius 1 is 1.09 bits per heavy atom. The van der Waals surface area contributed by atoms with Gasteiger partial charge < -0.3 is 9.32 Å². The average molecular weight is 314 g/mol. The van der Waals surface area contributed by atoms with Gasteiger partial charge in [0.2, 0.25) is 5.91 Å². The van der Waals surface area contributed by atoms with Crippen LogP contribution in [0.5, 0.6) is 0 Å². The number of carbonyl (C=O) groups is 2. The lowest BCUT2D eigenvalue weighted by atomic mass is 9.88. The molecule has 6 heteroatoms. The summed E-state index contributed by atoms with van der Waals surface area (Å²) in [5.41, 5.74) is 1.56. The van der Waals surface area contributed by atoms with Crippen LogP contribution in [0.25, 0.3) is 11.1 Å². The first-order valence-corrected chi connectivity index (χ1v) is 8.08. The number of carbonyl (C=O) groups excluding carboxylic acids is 2. The number of likely N-dealkylation sites (tertiary alicyclic amines) is 1. The maximum absolute atomic E-state index is 12.6. The zero-order chi connectivity index (χ0) is 16.0. The van der Waals surface area contributed by atoms with E-state index in [-0.39, 0.29) is 23.5 Å². The highest BCUT2D eigenvalue weighted by atomic mass is 16.4. The van der Waals surface area contributed by atoms with Crippen molar-refractivity contribution >= 4 is 22.8 Å². The Hall–Kier alpha value is -2.37. The number of fused-ring (bicyclic) bond motifs is 1. The number of rotatable bonds is 3. The van der Waals surface area contributed by atoms with Crippen molar-refractivity contribution in [1.82, 2.24) is 9.88 Å². The molecule has 2 aromatic rings. The average Bonchev–Trinajstić information content (AvgIpc) is 3.34. The van der Waals surface area contributed by atoms with Gasteiger partial charge in [-0.05, 0) is 43.9 Å². The molecule has 1 saturated carbocycles.